The van der Waals surface area contributed by atoms with Crippen molar-refractivity contribution >= 4 is 5.69 Å². The van der Waals surface area contributed by atoms with Crippen LogP contribution in [0.1, 0.15) is 51.1 Å². The van der Waals surface area contributed by atoms with Crippen LogP contribution in [-0.4, -0.2) is 13.1 Å². The van der Waals surface area contributed by atoms with E-state index >= 15 is 0 Å². The van der Waals surface area contributed by atoms with Crippen LogP contribution in [0.3, 0.4) is 0 Å². The number of anilines is 1. The van der Waals surface area contributed by atoms with Crippen molar-refractivity contribution in [3.8, 4) is 0 Å². The molecule has 1 aromatic rings. The highest BCUT2D eigenvalue weighted by molar-refractivity contribution is 5.48. The molecule has 0 amide bonds. The molecule has 2 atom stereocenters. The Hall–Kier alpha value is -1.02. The van der Waals surface area contributed by atoms with E-state index in [9.17, 15) is 0 Å². The topological polar surface area (TPSA) is 29.3 Å². The lowest BCUT2D eigenvalue weighted by molar-refractivity contribution is 0.530. The van der Waals surface area contributed by atoms with Gasteiger partial charge in [-0.1, -0.05) is 32.4 Å². The highest BCUT2D eigenvalue weighted by atomic mass is 15.1. The molecule has 18 heavy (non-hydrogen) atoms. The van der Waals surface area contributed by atoms with Crippen molar-refractivity contribution < 1.29 is 0 Å². The van der Waals surface area contributed by atoms with E-state index in [0.717, 1.165) is 12.3 Å². The van der Waals surface area contributed by atoms with Crippen molar-refractivity contribution in [2.24, 2.45) is 11.7 Å². The van der Waals surface area contributed by atoms with E-state index in [1.54, 1.807) is 0 Å². The number of nitrogens with zero attached hydrogens (tertiary/aromatic N) is 1. The monoisotopic (exact) mass is 246 g/mol. The summed E-state index contributed by atoms with van der Waals surface area (Å²) >= 11 is 0. The highest BCUT2D eigenvalue weighted by Gasteiger charge is 2.21. The van der Waals surface area contributed by atoms with Crippen LogP contribution in [0.15, 0.2) is 24.3 Å². The number of rotatable bonds is 5. The summed E-state index contributed by atoms with van der Waals surface area (Å²) < 4.78 is 0. The second kappa shape index (κ2) is 6.24. The maximum atomic E-state index is 6.05. The van der Waals surface area contributed by atoms with Crippen molar-refractivity contribution in [3.63, 3.8) is 0 Å². The standard InChI is InChI=1S/C16H26N2/c1-3-5-13-10-11-18(12-13)15-8-6-14(7-9-15)16(17)4-2/h6-9,13,16H,3-5,10-12,17H2,1-2H3. The Bertz CT molecular complexity index is 358. The first-order chi connectivity index (χ1) is 8.74. The highest BCUT2D eigenvalue weighted by Crippen LogP contribution is 2.27. The summed E-state index contributed by atoms with van der Waals surface area (Å²) in [6.45, 7) is 6.86. The van der Waals surface area contributed by atoms with Crippen LogP contribution in [0.5, 0.6) is 0 Å². The number of hydrogen-bond acceptors (Lipinski definition) is 2. The lowest BCUT2D eigenvalue weighted by Gasteiger charge is -2.19. The zero-order valence-corrected chi connectivity index (χ0v) is 11.7. The van der Waals surface area contributed by atoms with E-state index in [2.05, 4.69) is 43.0 Å². The largest absolute Gasteiger partial charge is 0.371 e. The normalized spacial score (nSPS) is 21.3. The van der Waals surface area contributed by atoms with Gasteiger partial charge in [0.25, 0.3) is 0 Å². The lowest BCUT2D eigenvalue weighted by atomic mass is 10.0. The van der Waals surface area contributed by atoms with E-state index in [1.165, 1.54) is 43.6 Å². The maximum absolute atomic E-state index is 6.05. The minimum Gasteiger partial charge on any atom is -0.371 e. The fourth-order valence-corrected chi connectivity index (χ4v) is 2.88. The van der Waals surface area contributed by atoms with Gasteiger partial charge in [-0.15, -0.1) is 0 Å². The molecule has 2 nitrogen and oxygen atoms in total. The third kappa shape index (κ3) is 3.05. The minimum absolute atomic E-state index is 0.186. The second-order valence-corrected chi connectivity index (χ2v) is 5.50. The molecule has 1 aromatic carbocycles. The van der Waals surface area contributed by atoms with Crippen LogP contribution in [0, 0.1) is 5.92 Å². The molecule has 2 N–H and O–H groups in total. The lowest BCUT2D eigenvalue weighted by Crippen LogP contribution is -2.19. The van der Waals surface area contributed by atoms with Gasteiger partial charge in [-0.3, -0.25) is 0 Å². The van der Waals surface area contributed by atoms with Gasteiger partial charge in [-0.25, -0.2) is 0 Å². The van der Waals surface area contributed by atoms with Gasteiger partial charge in [0.05, 0.1) is 0 Å². The molecule has 2 rings (SSSR count). The van der Waals surface area contributed by atoms with E-state index in [-0.39, 0.29) is 6.04 Å². The van der Waals surface area contributed by atoms with Gasteiger partial charge >= 0.3 is 0 Å². The molecule has 1 fully saturated rings. The molecular weight excluding hydrogens is 220 g/mol. The summed E-state index contributed by atoms with van der Waals surface area (Å²) in [5, 5.41) is 0. The molecule has 1 heterocycles. The molecule has 0 radical (unpaired) electrons. The molecule has 0 saturated carbocycles. The third-order valence-electron chi connectivity index (χ3n) is 4.11. The van der Waals surface area contributed by atoms with Crippen molar-refractivity contribution in [1.82, 2.24) is 0 Å². The molecule has 1 saturated heterocycles. The molecule has 0 aliphatic carbocycles. The Morgan fingerprint density at radius 1 is 1.28 bits per heavy atom. The Morgan fingerprint density at radius 3 is 2.61 bits per heavy atom. The Morgan fingerprint density at radius 2 is 2.00 bits per heavy atom. The van der Waals surface area contributed by atoms with E-state index in [0.29, 0.717) is 0 Å². The van der Waals surface area contributed by atoms with Gasteiger partial charge in [0.15, 0.2) is 0 Å². The fraction of sp³-hybridized carbons (Fsp3) is 0.625. The summed E-state index contributed by atoms with van der Waals surface area (Å²) in [5.74, 6) is 0.896. The van der Waals surface area contributed by atoms with Crippen LogP contribution >= 0.6 is 0 Å². The zero-order chi connectivity index (χ0) is 13.0. The number of benzene rings is 1. The smallest absolute Gasteiger partial charge is 0.0366 e. The molecule has 2 unspecified atom stereocenters. The van der Waals surface area contributed by atoms with Crippen LogP contribution in [0.2, 0.25) is 0 Å². The van der Waals surface area contributed by atoms with Crippen molar-refractivity contribution in [3.05, 3.63) is 29.8 Å². The van der Waals surface area contributed by atoms with Crippen molar-refractivity contribution in [2.75, 3.05) is 18.0 Å². The van der Waals surface area contributed by atoms with Gasteiger partial charge in [0.2, 0.25) is 0 Å². The molecule has 2 heteroatoms. The van der Waals surface area contributed by atoms with E-state index in [1.807, 2.05) is 0 Å². The molecule has 1 aliphatic rings. The molecule has 0 spiro atoms. The minimum atomic E-state index is 0.186. The SMILES string of the molecule is CCCC1CCN(c2ccc(C(N)CC)cc2)C1. The molecule has 100 valence electrons. The summed E-state index contributed by atoms with van der Waals surface area (Å²) in [6.07, 6.45) is 5.03. The van der Waals surface area contributed by atoms with Gasteiger partial charge < -0.3 is 10.6 Å². The van der Waals surface area contributed by atoms with Crippen LogP contribution in [-0.2, 0) is 0 Å². The molecule has 0 bridgehead atoms. The van der Waals surface area contributed by atoms with Gasteiger partial charge in [0.1, 0.15) is 0 Å². The summed E-state index contributed by atoms with van der Waals surface area (Å²) in [5.41, 5.74) is 8.66. The molecular formula is C16H26N2. The summed E-state index contributed by atoms with van der Waals surface area (Å²) in [7, 11) is 0. The first kappa shape index (κ1) is 13.4. The predicted molar refractivity (Wildman–Crippen MR) is 78.9 cm³/mol. The van der Waals surface area contributed by atoms with E-state index < -0.39 is 0 Å². The van der Waals surface area contributed by atoms with E-state index in [4.69, 9.17) is 5.73 Å². The van der Waals surface area contributed by atoms with Crippen LogP contribution < -0.4 is 10.6 Å². The third-order valence-corrected chi connectivity index (χ3v) is 4.11. The Kier molecular flexibility index (Phi) is 4.65. The van der Waals surface area contributed by atoms with Crippen LogP contribution in [0.4, 0.5) is 5.69 Å². The van der Waals surface area contributed by atoms with Crippen molar-refractivity contribution in [2.45, 2.75) is 45.6 Å². The van der Waals surface area contributed by atoms with Crippen LogP contribution in [0.25, 0.3) is 0 Å². The first-order valence-corrected chi connectivity index (χ1v) is 7.35. The first-order valence-electron chi connectivity index (χ1n) is 7.35. The van der Waals surface area contributed by atoms with Crippen molar-refractivity contribution in [1.29, 1.82) is 0 Å². The molecule has 0 aromatic heterocycles. The zero-order valence-electron chi connectivity index (χ0n) is 11.7. The van der Waals surface area contributed by atoms with Gasteiger partial charge in [-0.05, 0) is 42.9 Å². The average molecular weight is 246 g/mol. The second-order valence-electron chi connectivity index (χ2n) is 5.50. The molecule has 1 aliphatic heterocycles. The van der Waals surface area contributed by atoms with Gasteiger partial charge in [-0.2, -0.15) is 0 Å². The Balaban J connectivity index is 1.98. The average Bonchev–Trinajstić information content (AvgIpc) is 2.87. The maximum Gasteiger partial charge on any atom is 0.0366 e. The number of hydrogen-bond donors (Lipinski definition) is 1. The quantitative estimate of drug-likeness (QED) is 0.858. The van der Waals surface area contributed by atoms with Gasteiger partial charge in [0, 0.05) is 24.8 Å². The Labute approximate surface area is 111 Å². The predicted octanol–water partition coefficient (Wildman–Crippen LogP) is 3.72. The fourth-order valence-electron chi connectivity index (χ4n) is 2.88. The number of nitrogens with two attached hydrogens (primary N) is 1. The summed E-state index contributed by atoms with van der Waals surface area (Å²) in [4.78, 5) is 2.52. The summed E-state index contributed by atoms with van der Waals surface area (Å²) in [6, 6.07) is 9.04.